The van der Waals surface area contributed by atoms with E-state index in [2.05, 4.69) is 15.3 Å². The molecule has 2 heterocycles. The van der Waals surface area contributed by atoms with Gasteiger partial charge >= 0.3 is 17.8 Å². The summed E-state index contributed by atoms with van der Waals surface area (Å²) in [6.45, 7) is 2.53. The number of ether oxygens (including phenoxy) is 1. The van der Waals surface area contributed by atoms with Gasteiger partial charge in [-0.2, -0.15) is 13.2 Å². The lowest BCUT2D eigenvalue weighted by atomic mass is 9.98. The van der Waals surface area contributed by atoms with Crippen molar-refractivity contribution < 1.29 is 27.6 Å². The van der Waals surface area contributed by atoms with Crippen LogP contribution in [0.4, 0.5) is 36.2 Å². The van der Waals surface area contributed by atoms with E-state index < -0.39 is 28.3 Å². The van der Waals surface area contributed by atoms with E-state index >= 15 is 0 Å². The van der Waals surface area contributed by atoms with E-state index in [0.29, 0.717) is 19.4 Å². The number of alkyl halides is 3. The number of piperidine rings is 1. The molecule has 0 bridgehead atoms. The summed E-state index contributed by atoms with van der Waals surface area (Å²) in [6.07, 6.45) is -2.28. The summed E-state index contributed by atoms with van der Waals surface area (Å²) in [4.78, 5) is 32.7. The highest BCUT2D eigenvalue weighted by Gasteiger charge is 2.34. The number of carbonyl (C=O) groups excluding carboxylic acids is 1. The fourth-order valence-corrected chi connectivity index (χ4v) is 3.39. The van der Waals surface area contributed by atoms with Crippen LogP contribution in [0.2, 0.25) is 0 Å². The number of aromatic nitrogens is 2. The number of carbonyl (C=O) groups is 1. The van der Waals surface area contributed by atoms with Crippen LogP contribution in [0.15, 0.2) is 30.6 Å². The second kappa shape index (κ2) is 9.14. The molecular formula is C19H20F3N5O4. The molecule has 0 radical (unpaired) electrons. The van der Waals surface area contributed by atoms with E-state index in [0.717, 1.165) is 18.5 Å². The average molecular weight is 439 g/mol. The Morgan fingerprint density at radius 3 is 2.84 bits per heavy atom. The van der Waals surface area contributed by atoms with E-state index in [1.807, 2.05) is 0 Å². The Hall–Kier alpha value is -3.44. The van der Waals surface area contributed by atoms with Crippen molar-refractivity contribution >= 4 is 29.0 Å². The lowest BCUT2D eigenvalue weighted by molar-refractivity contribution is -0.383. The second-order valence-electron chi connectivity index (χ2n) is 6.89. The van der Waals surface area contributed by atoms with E-state index in [4.69, 9.17) is 4.74 Å². The van der Waals surface area contributed by atoms with Crippen LogP contribution >= 0.6 is 0 Å². The Labute approximate surface area is 175 Å². The van der Waals surface area contributed by atoms with Gasteiger partial charge in [0.05, 0.1) is 23.0 Å². The van der Waals surface area contributed by atoms with E-state index in [1.54, 1.807) is 11.8 Å². The quantitative estimate of drug-likeness (QED) is 0.410. The molecule has 1 atom stereocenters. The Bertz CT molecular complexity index is 970. The van der Waals surface area contributed by atoms with E-state index in [-0.39, 0.29) is 36.4 Å². The van der Waals surface area contributed by atoms with Gasteiger partial charge in [-0.3, -0.25) is 14.9 Å². The first-order chi connectivity index (χ1) is 14.7. The normalized spacial score (nSPS) is 16.6. The van der Waals surface area contributed by atoms with Crippen LogP contribution in [0.25, 0.3) is 0 Å². The van der Waals surface area contributed by atoms with Crippen LogP contribution in [0, 0.1) is 16.0 Å². The van der Waals surface area contributed by atoms with Gasteiger partial charge in [-0.1, -0.05) is 6.07 Å². The van der Waals surface area contributed by atoms with Crippen molar-refractivity contribution in [1.82, 2.24) is 9.97 Å². The van der Waals surface area contributed by atoms with Crippen molar-refractivity contribution in [2.24, 2.45) is 5.92 Å². The number of benzene rings is 1. The molecule has 12 heteroatoms. The highest BCUT2D eigenvalue weighted by molar-refractivity contribution is 5.77. The van der Waals surface area contributed by atoms with Crippen LogP contribution < -0.4 is 10.2 Å². The summed E-state index contributed by atoms with van der Waals surface area (Å²) >= 11 is 0. The predicted octanol–water partition coefficient (Wildman–Crippen LogP) is 3.93. The fourth-order valence-electron chi connectivity index (χ4n) is 3.39. The first-order valence-electron chi connectivity index (χ1n) is 9.56. The monoisotopic (exact) mass is 439 g/mol. The predicted molar refractivity (Wildman–Crippen MR) is 105 cm³/mol. The number of halogens is 3. The standard InChI is InChI=1S/C19H20F3N5O4/c1-2-31-18(28)12-5-4-8-26(10-12)17-15(27(29)30)16(23-11-24-17)25-14-7-3-6-13(9-14)19(20,21)22/h3,6-7,9,11-12H,2,4-5,8,10H2,1H3,(H,23,24,25). The van der Waals surface area contributed by atoms with Gasteiger partial charge in [-0.05, 0) is 38.0 Å². The maximum absolute atomic E-state index is 13.0. The van der Waals surface area contributed by atoms with Gasteiger partial charge in [-0.25, -0.2) is 9.97 Å². The molecule has 1 aromatic carbocycles. The number of rotatable bonds is 6. The van der Waals surface area contributed by atoms with E-state index in [9.17, 15) is 28.1 Å². The minimum Gasteiger partial charge on any atom is -0.466 e. The van der Waals surface area contributed by atoms with Gasteiger partial charge in [-0.15, -0.1) is 0 Å². The maximum Gasteiger partial charge on any atom is 0.416 e. The molecule has 9 nitrogen and oxygen atoms in total. The molecular weight excluding hydrogens is 419 g/mol. The molecule has 166 valence electrons. The average Bonchev–Trinajstić information content (AvgIpc) is 2.73. The zero-order valence-electron chi connectivity index (χ0n) is 16.6. The molecule has 1 saturated heterocycles. The third-order valence-corrected chi connectivity index (χ3v) is 4.78. The Morgan fingerprint density at radius 2 is 2.16 bits per heavy atom. The van der Waals surface area contributed by atoms with Crippen molar-refractivity contribution in [3.8, 4) is 0 Å². The maximum atomic E-state index is 13.0. The lowest BCUT2D eigenvalue weighted by Gasteiger charge is -2.32. The van der Waals surface area contributed by atoms with Gasteiger partial charge in [0.1, 0.15) is 6.33 Å². The van der Waals surface area contributed by atoms with Gasteiger partial charge in [0.25, 0.3) is 0 Å². The molecule has 1 aromatic heterocycles. The van der Waals surface area contributed by atoms with Crippen LogP contribution in [0.1, 0.15) is 25.3 Å². The SMILES string of the molecule is CCOC(=O)C1CCCN(c2ncnc(Nc3cccc(C(F)(F)F)c3)c2[N+](=O)[O-])C1. The minimum absolute atomic E-state index is 0.00869. The van der Waals surface area contributed by atoms with Crippen molar-refractivity contribution in [2.75, 3.05) is 29.9 Å². The van der Waals surface area contributed by atoms with Crippen molar-refractivity contribution in [2.45, 2.75) is 25.9 Å². The molecule has 1 fully saturated rings. The van der Waals surface area contributed by atoms with Crippen LogP contribution in [-0.4, -0.2) is 40.6 Å². The third kappa shape index (κ3) is 5.19. The number of hydrogen-bond acceptors (Lipinski definition) is 8. The van der Waals surface area contributed by atoms with E-state index in [1.165, 1.54) is 12.1 Å². The number of esters is 1. The number of anilines is 3. The molecule has 31 heavy (non-hydrogen) atoms. The highest BCUT2D eigenvalue weighted by atomic mass is 19.4. The Balaban J connectivity index is 1.92. The minimum atomic E-state index is -4.56. The number of nitrogens with one attached hydrogen (secondary N) is 1. The van der Waals surface area contributed by atoms with Crippen LogP contribution in [0.5, 0.6) is 0 Å². The molecule has 0 saturated carbocycles. The summed E-state index contributed by atoms with van der Waals surface area (Å²) in [6, 6.07) is 4.27. The zero-order valence-corrected chi connectivity index (χ0v) is 16.6. The molecule has 0 amide bonds. The van der Waals surface area contributed by atoms with Crippen molar-refractivity contribution in [1.29, 1.82) is 0 Å². The summed E-state index contributed by atoms with van der Waals surface area (Å²) in [5.41, 5.74) is -1.39. The Kier molecular flexibility index (Phi) is 6.56. The fraction of sp³-hybridized carbons (Fsp3) is 0.421. The summed E-state index contributed by atoms with van der Waals surface area (Å²) < 4.78 is 44.0. The summed E-state index contributed by atoms with van der Waals surface area (Å²) in [5, 5.41) is 14.4. The number of nitro groups is 1. The molecule has 0 spiro atoms. The van der Waals surface area contributed by atoms with Gasteiger partial charge < -0.3 is 15.0 Å². The van der Waals surface area contributed by atoms with Crippen molar-refractivity contribution in [3.63, 3.8) is 0 Å². The second-order valence-corrected chi connectivity index (χ2v) is 6.89. The molecule has 0 aliphatic carbocycles. The van der Waals surface area contributed by atoms with Gasteiger partial charge in [0.15, 0.2) is 0 Å². The summed E-state index contributed by atoms with van der Waals surface area (Å²) in [7, 11) is 0. The summed E-state index contributed by atoms with van der Waals surface area (Å²) in [5.74, 6) is -1.09. The van der Waals surface area contributed by atoms with Crippen LogP contribution in [0.3, 0.4) is 0 Å². The van der Waals surface area contributed by atoms with Gasteiger partial charge in [0, 0.05) is 18.8 Å². The number of nitrogens with zero attached hydrogens (tertiary/aromatic N) is 4. The van der Waals surface area contributed by atoms with Gasteiger partial charge in [0.2, 0.25) is 11.6 Å². The molecule has 3 rings (SSSR count). The Morgan fingerprint density at radius 1 is 1.39 bits per heavy atom. The molecule has 1 unspecified atom stereocenters. The lowest BCUT2D eigenvalue weighted by Crippen LogP contribution is -2.40. The third-order valence-electron chi connectivity index (χ3n) is 4.78. The first kappa shape index (κ1) is 22.2. The largest absolute Gasteiger partial charge is 0.466 e. The molecule has 1 aliphatic heterocycles. The molecule has 1 N–H and O–H groups in total. The molecule has 2 aromatic rings. The topological polar surface area (TPSA) is 110 Å². The zero-order chi connectivity index (χ0) is 22.6. The highest BCUT2D eigenvalue weighted by Crippen LogP contribution is 2.37. The number of hydrogen-bond donors (Lipinski definition) is 1. The smallest absolute Gasteiger partial charge is 0.416 e. The first-order valence-corrected chi connectivity index (χ1v) is 9.56. The van der Waals surface area contributed by atoms with Crippen molar-refractivity contribution in [3.05, 3.63) is 46.3 Å². The van der Waals surface area contributed by atoms with Crippen LogP contribution in [-0.2, 0) is 15.7 Å². The molecule has 1 aliphatic rings.